The van der Waals surface area contributed by atoms with E-state index in [4.69, 9.17) is 6.57 Å². The summed E-state index contributed by atoms with van der Waals surface area (Å²) in [6.07, 6.45) is -2.42. The number of quaternary nitrogens is 1. The molecule has 0 bridgehead atoms. The van der Waals surface area contributed by atoms with E-state index < -0.39 is 33.6 Å². The van der Waals surface area contributed by atoms with Crippen LogP contribution >= 0.6 is 0 Å². The molecule has 0 spiro atoms. The Bertz CT molecular complexity index is 2420. The molecule has 14 nitrogen and oxygen atoms in total. The van der Waals surface area contributed by atoms with Gasteiger partial charge in [-0.1, -0.05) is 36.4 Å². The number of rotatable bonds is 9. The average Bonchev–Trinajstić information content (AvgIpc) is 3.70. The molecule has 294 valence electrons. The van der Waals surface area contributed by atoms with Crippen molar-refractivity contribution in [2.45, 2.75) is 36.9 Å². The van der Waals surface area contributed by atoms with Gasteiger partial charge in [0.1, 0.15) is 15.8 Å². The second-order valence-corrected chi connectivity index (χ2v) is 15.5. The van der Waals surface area contributed by atoms with Gasteiger partial charge in [-0.3, -0.25) is 9.36 Å². The molecule has 1 aliphatic rings. The quantitative estimate of drug-likeness (QED) is 0.119. The van der Waals surface area contributed by atoms with Crippen LogP contribution in [0.3, 0.4) is 0 Å². The minimum Gasteiger partial charge on any atom is -0.744 e. The fourth-order valence-electron chi connectivity index (χ4n) is 6.01. The number of aromatic nitrogens is 4. The lowest BCUT2D eigenvalue weighted by atomic mass is 9.79. The molecule has 2 heterocycles. The van der Waals surface area contributed by atoms with Gasteiger partial charge in [-0.25, -0.2) is 32.1 Å². The maximum absolute atomic E-state index is 14.0. The Morgan fingerprint density at radius 2 is 1.64 bits per heavy atom. The molecular formula is C38H39F3N8O6S. The summed E-state index contributed by atoms with van der Waals surface area (Å²) in [6.45, 7) is 10.0. The van der Waals surface area contributed by atoms with Gasteiger partial charge in [0.15, 0.2) is 5.69 Å². The third-order valence-electron chi connectivity index (χ3n) is 8.98. The summed E-state index contributed by atoms with van der Waals surface area (Å²) in [5, 5.41) is 10.1. The highest BCUT2D eigenvalue weighted by molar-refractivity contribution is 7.85. The van der Waals surface area contributed by atoms with Crippen molar-refractivity contribution in [2.24, 2.45) is 5.92 Å². The first kappa shape index (κ1) is 41.1. The predicted octanol–water partition coefficient (Wildman–Crippen LogP) is 5.12. The highest BCUT2D eigenvalue weighted by atomic mass is 32.2. The monoisotopic (exact) mass is 792 g/mol. The molecule has 56 heavy (non-hydrogen) atoms. The van der Waals surface area contributed by atoms with Crippen LogP contribution in [0.2, 0.25) is 0 Å². The van der Waals surface area contributed by atoms with Gasteiger partial charge < -0.3 is 19.7 Å². The van der Waals surface area contributed by atoms with Crippen LogP contribution in [0.4, 0.5) is 23.7 Å². The second-order valence-electron chi connectivity index (χ2n) is 14.1. The molecule has 0 atom stereocenters. The van der Waals surface area contributed by atoms with E-state index in [9.17, 15) is 40.5 Å². The van der Waals surface area contributed by atoms with E-state index in [2.05, 4.69) is 20.6 Å². The van der Waals surface area contributed by atoms with Crippen molar-refractivity contribution in [1.82, 2.24) is 29.5 Å². The molecule has 2 aromatic heterocycles. The van der Waals surface area contributed by atoms with Crippen LogP contribution in [0.5, 0.6) is 0 Å². The number of carbonyl (C=O) groups is 2. The second kappa shape index (κ2) is 16.4. The number of amides is 2. The molecule has 6 rings (SSSR count). The first-order valence-corrected chi connectivity index (χ1v) is 18.6. The minimum absolute atomic E-state index is 0.0631. The molecule has 1 saturated carbocycles. The Labute approximate surface area is 321 Å². The highest BCUT2D eigenvalue weighted by Gasteiger charge is 2.37. The number of alkyl halides is 3. The summed E-state index contributed by atoms with van der Waals surface area (Å²) in [5.41, 5.74) is -0.268. The van der Waals surface area contributed by atoms with Crippen LogP contribution in [-0.4, -0.2) is 88.6 Å². The Balaban J connectivity index is 0.000000522. The number of hydrogen-bond donors (Lipinski definition) is 2. The molecule has 0 saturated heterocycles. The molecule has 2 N–H and O–H groups in total. The Morgan fingerprint density at radius 3 is 2.21 bits per heavy atom. The first-order valence-electron chi connectivity index (χ1n) is 17.2. The van der Waals surface area contributed by atoms with Gasteiger partial charge in [0.05, 0.1) is 80.2 Å². The average molecular weight is 793 g/mol. The lowest BCUT2D eigenvalue weighted by Crippen LogP contribution is -2.52. The number of nitrogens with zero attached hydrogens (tertiary/aromatic N) is 6. The minimum atomic E-state index is -4.65. The molecule has 5 aromatic rings. The van der Waals surface area contributed by atoms with Gasteiger partial charge in [-0.2, -0.15) is 18.3 Å². The summed E-state index contributed by atoms with van der Waals surface area (Å²) in [5.74, 6) is -0.387. The maximum Gasteiger partial charge on any atom is 0.416 e. The van der Waals surface area contributed by atoms with Crippen LogP contribution in [0.25, 0.3) is 27.6 Å². The van der Waals surface area contributed by atoms with Gasteiger partial charge in [-0.05, 0) is 68.3 Å². The lowest BCUT2D eigenvalue weighted by Gasteiger charge is -2.35. The van der Waals surface area contributed by atoms with E-state index in [-0.39, 0.29) is 39.8 Å². The zero-order chi connectivity index (χ0) is 41.0. The van der Waals surface area contributed by atoms with E-state index >= 15 is 0 Å². The van der Waals surface area contributed by atoms with Crippen molar-refractivity contribution in [3.8, 4) is 22.8 Å². The maximum atomic E-state index is 14.0. The van der Waals surface area contributed by atoms with Gasteiger partial charge in [-0.15, -0.1) is 0 Å². The Kier molecular flexibility index (Phi) is 12.0. The van der Waals surface area contributed by atoms with E-state index in [1.807, 2.05) is 21.1 Å². The number of nitrogens with one attached hydrogen (secondary N) is 2. The van der Waals surface area contributed by atoms with Gasteiger partial charge >= 0.3 is 17.9 Å². The summed E-state index contributed by atoms with van der Waals surface area (Å²) in [6, 6.07) is 18.4. The summed E-state index contributed by atoms with van der Waals surface area (Å²) < 4.78 is 75.8. The Hall–Kier alpha value is -6.03. The molecule has 0 unspecified atom stereocenters. The molecule has 0 radical (unpaired) electrons. The van der Waals surface area contributed by atoms with Gasteiger partial charge in [0.2, 0.25) is 5.91 Å². The fraction of sp³-hybridized carbons (Fsp3) is 0.289. The van der Waals surface area contributed by atoms with Crippen molar-refractivity contribution in [3.05, 3.63) is 124 Å². The van der Waals surface area contributed by atoms with Crippen LogP contribution in [0.15, 0.2) is 101 Å². The molecule has 1 fully saturated rings. The van der Waals surface area contributed by atoms with Crippen molar-refractivity contribution in [2.75, 3.05) is 34.2 Å². The molecule has 18 heteroatoms. The van der Waals surface area contributed by atoms with Crippen LogP contribution in [-0.2, 0) is 21.1 Å². The number of benzene rings is 3. The third kappa shape index (κ3) is 9.60. The number of imidazole rings is 1. The summed E-state index contributed by atoms with van der Waals surface area (Å²) >= 11 is 0. The molecular weight excluding hydrogens is 754 g/mol. The number of carbonyl (C=O) groups excluding carboxylic acids is 2. The normalized spacial score (nSPS) is 15.5. The van der Waals surface area contributed by atoms with E-state index in [1.165, 1.54) is 47.3 Å². The first-order chi connectivity index (χ1) is 26.3. The smallest absolute Gasteiger partial charge is 0.416 e. The largest absolute Gasteiger partial charge is 0.744 e. The van der Waals surface area contributed by atoms with E-state index in [1.54, 1.807) is 43.3 Å². The van der Waals surface area contributed by atoms with Crippen molar-refractivity contribution >= 4 is 27.7 Å². The highest BCUT2D eigenvalue weighted by Crippen LogP contribution is 2.33. The van der Waals surface area contributed by atoms with Crippen molar-refractivity contribution in [3.63, 3.8) is 0 Å². The zero-order valence-electron chi connectivity index (χ0n) is 30.8. The fourth-order valence-corrected chi connectivity index (χ4v) is 6.50. The lowest BCUT2D eigenvalue weighted by molar-refractivity contribution is -0.869. The molecule has 1 aliphatic carbocycles. The molecule has 0 aliphatic heterocycles. The third-order valence-corrected chi connectivity index (χ3v) is 9.83. The topological polar surface area (TPSA) is 165 Å². The zero-order valence-corrected chi connectivity index (χ0v) is 31.6. The van der Waals surface area contributed by atoms with Crippen LogP contribution in [0, 0.1) is 19.4 Å². The number of likely N-dealkylation sites (N-methyl/N-ethyl adjacent to an activating group) is 1. The Morgan fingerprint density at radius 1 is 0.982 bits per heavy atom. The standard InChI is InChI=1S/C32H33F3N8O3.C6H6O3S/c1-20-28(27-13-14-38-42(27)25-11-9-23(36-2)10-12-25)41(31(46)40(20)26-8-6-7-22(19-26)32(33,34)35)30(45)39-24-17-21(18-24)29(44)37-15-16-43(3,4)5;7-10(8,9)6-4-2-1-3-5-6/h6-14,19,21,24H,15-18H2,1,3-5H3,(H-,37,39,44,45);1-5H,(H,7,8,9). The van der Waals surface area contributed by atoms with Crippen molar-refractivity contribution in [1.29, 1.82) is 0 Å². The van der Waals surface area contributed by atoms with Gasteiger partial charge in [0, 0.05) is 12.0 Å². The summed E-state index contributed by atoms with van der Waals surface area (Å²) in [4.78, 5) is 43.5. The molecule has 2 amide bonds. The van der Waals surface area contributed by atoms with Crippen LogP contribution < -0.4 is 16.3 Å². The molecule has 3 aromatic carbocycles. The number of halogens is 3. The van der Waals surface area contributed by atoms with Gasteiger partial charge in [0.25, 0.3) is 0 Å². The summed E-state index contributed by atoms with van der Waals surface area (Å²) in [7, 11) is 1.82. The SMILES string of the molecule is O=S(=O)([O-])c1ccccc1.[C-]#[N+]c1ccc(-n2nccc2-c2c(C)n(-c3cccc(C(F)(F)F)c3)c(=O)n2C(=O)NC2CC(C(=O)NCC[N+](C)(C)C)C2)cc1. The van der Waals surface area contributed by atoms with Crippen molar-refractivity contribution < 1.29 is 40.2 Å². The van der Waals surface area contributed by atoms with E-state index in [0.29, 0.717) is 40.9 Å². The number of hydrogen-bond acceptors (Lipinski definition) is 7. The van der Waals surface area contributed by atoms with Crippen LogP contribution in [0.1, 0.15) is 24.1 Å². The predicted molar refractivity (Wildman–Crippen MR) is 199 cm³/mol. The van der Waals surface area contributed by atoms with E-state index in [0.717, 1.165) is 27.8 Å².